The molecule has 1 aliphatic carbocycles. The zero-order chi connectivity index (χ0) is 12.1. The predicted octanol–water partition coefficient (Wildman–Crippen LogP) is 3.20. The summed E-state index contributed by atoms with van der Waals surface area (Å²) >= 11 is 0. The Morgan fingerprint density at radius 3 is 2.50 bits per heavy atom. The highest BCUT2D eigenvalue weighted by molar-refractivity contribution is 4.81. The van der Waals surface area contributed by atoms with E-state index in [0.717, 1.165) is 30.8 Å². The molecule has 1 unspecified atom stereocenters. The van der Waals surface area contributed by atoms with Crippen LogP contribution in [0.2, 0.25) is 0 Å². The largest absolute Gasteiger partial charge is 0.378 e. The normalized spacial score (nSPS) is 33.0. The number of nitrogens with two attached hydrogens (primary N) is 1. The quantitative estimate of drug-likeness (QED) is 0.783. The number of ether oxygens (including phenoxy) is 1. The molecule has 0 radical (unpaired) electrons. The predicted molar refractivity (Wildman–Crippen MR) is 69.3 cm³/mol. The van der Waals surface area contributed by atoms with Crippen LogP contribution in [0, 0.1) is 17.8 Å². The first-order valence-electron chi connectivity index (χ1n) is 6.88. The Kier molecular flexibility index (Phi) is 5.77. The van der Waals surface area contributed by atoms with E-state index in [0.29, 0.717) is 6.10 Å². The van der Waals surface area contributed by atoms with Gasteiger partial charge in [-0.05, 0) is 43.9 Å². The van der Waals surface area contributed by atoms with Gasteiger partial charge in [0.05, 0.1) is 6.10 Å². The fourth-order valence-electron chi connectivity index (χ4n) is 2.71. The fraction of sp³-hybridized carbons (Fsp3) is 1.00. The summed E-state index contributed by atoms with van der Waals surface area (Å²) in [6.45, 7) is 9.87. The topological polar surface area (TPSA) is 35.2 Å². The molecule has 0 aromatic heterocycles. The van der Waals surface area contributed by atoms with Crippen molar-refractivity contribution in [2.24, 2.45) is 23.5 Å². The van der Waals surface area contributed by atoms with Crippen molar-refractivity contribution in [3.8, 4) is 0 Å². The molecule has 2 N–H and O–H groups in total. The minimum Gasteiger partial charge on any atom is -0.378 e. The number of rotatable bonds is 5. The molecule has 0 aromatic carbocycles. The van der Waals surface area contributed by atoms with E-state index in [-0.39, 0.29) is 6.04 Å². The van der Waals surface area contributed by atoms with Crippen LogP contribution in [0.15, 0.2) is 0 Å². The Morgan fingerprint density at radius 1 is 1.25 bits per heavy atom. The summed E-state index contributed by atoms with van der Waals surface area (Å²) in [5.74, 6) is 2.33. The van der Waals surface area contributed by atoms with Crippen LogP contribution >= 0.6 is 0 Å². The third kappa shape index (κ3) is 4.42. The molecule has 2 heteroatoms. The molecular formula is C14H29NO. The second-order valence-corrected chi connectivity index (χ2v) is 6.00. The van der Waals surface area contributed by atoms with Crippen molar-refractivity contribution in [1.82, 2.24) is 0 Å². The van der Waals surface area contributed by atoms with Crippen LogP contribution in [0.1, 0.15) is 53.4 Å². The molecule has 2 nitrogen and oxygen atoms in total. The first-order chi connectivity index (χ1) is 7.50. The summed E-state index contributed by atoms with van der Waals surface area (Å²) in [6, 6.07) is 0.263. The second kappa shape index (κ2) is 6.61. The standard InChI is InChI=1S/C14H29NO/c1-10(2)13-6-5-11(3)9-14(13)16-8-7-12(4)15/h10-14H,5-9,15H2,1-4H3/t11-,12?,13+,14-/m1/s1. The van der Waals surface area contributed by atoms with Gasteiger partial charge in [0.25, 0.3) is 0 Å². The molecule has 0 bridgehead atoms. The van der Waals surface area contributed by atoms with Crippen molar-refractivity contribution >= 4 is 0 Å². The summed E-state index contributed by atoms with van der Waals surface area (Å²) in [4.78, 5) is 0. The van der Waals surface area contributed by atoms with Gasteiger partial charge in [-0.3, -0.25) is 0 Å². The molecule has 1 rings (SSSR count). The maximum atomic E-state index is 6.06. The first-order valence-corrected chi connectivity index (χ1v) is 6.88. The SMILES string of the molecule is CC(N)CCO[C@@H]1C[C@H](C)CC[C@H]1C(C)C. The van der Waals surface area contributed by atoms with E-state index in [4.69, 9.17) is 10.5 Å². The van der Waals surface area contributed by atoms with Crippen LogP contribution in [0.3, 0.4) is 0 Å². The summed E-state index contributed by atoms with van der Waals surface area (Å²) in [5, 5.41) is 0. The third-order valence-corrected chi connectivity index (χ3v) is 3.87. The molecule has 96 valence electrons. The second-order valence-electron chi connectivity index (χ2n) is 6.00. The van der Waals surface area contributed by atoms with E-state index < -0.39 is 0 Å². The van der Waals surface area contributed by atoms with Crippen LogP contribution in [0.25, 0.3) is 0 Å². The Bertz CT molecular complexity index is 191. The van der Waals surface area contributed by atoms with Crippen molar-refractivity contribution < 1.29 is 4.74 Å². The molecule has 0 saturated heterocycles. The van der Waals surface area contributed by atoms with Gasteiger partial charge in [-0.25, -0.2) is 0 Å². The van der Waals surface area contributed by atoms with E-state index in [2.05, 4.69) is 20.8 Å². The van der Waals surface area contributed by atoms with Gasteiger partial charge in [0.15, 0.2) is 0 Å². The zero-order valence-corrected chi connectivity index (χ0v) is 11.4. The van der Waals surface area contributed by atoms with Gasteiger partial charge >= 0.3 is 0 Å². The lowest BCUT2D eigenvalue weighted by Gasteiger charge is -2.37. The number of hydrogen-bond acceptors (Lipinski definition) is 2. The van der Waals surface area contributed by atoms with E-state index in [1.54, 1.807) is 0 Å². The van der Waals surface area contributed by atoms with Gasteiger partial charge < -0.3 is 10.5 Å². The lowest BCUT2D eigenvalue weighted by Crippen LogP contribution is -2.35. The van der Waals surface area contributed by atoms with Crippen LogP contribution in [0.5, 0.6) is 0 Å². The van der Waals surface area contributed by atoms with E-state index in [9.17, 15) is 0 Å². The first kappa shape index (κ1) is 14.0. The Labute approximate surface area is 101 Å². The molecule has 0 spiro atoms. The van der Waals surface area contributed by atoms with Gasteiger partial charge in [-0.2, -0.15) is 0 Å². The Balaban J connectivity index is 2.38. The minimum atomic E-state index is 0.263. The highest BCUT2D eigenvalue weighted by Gasteiger charge is 2.31. The molecular weight excluding hydrogens is 198 g/mol. The molecule has 0 aliphatic heterocycles. The maximum Gasteiger partial charge on any atom is 0.0608 e. The summed E-state index contributed by atoms with van der Waals surface area (Å²) < 4.78 is 6.06. The van der Waals surface area contributed by atoms with Gasteiger partial charge in [0.2, 0.25) is 0 Å². The van der Waals surface area contributed by atoms with Crippen molar-refractivity contribution in [2.75, 3.05) is 6.61 Å². The van der Waals surface area contributed by atoms with Crippen molar-refractivity contribution in [1.29, 1.82) is 0 Å². The molecule has 16 heavy (non-hydrogen) atoms. The van der Waals surface area contributed by atoms with E-state index in [1.807, 2.05) is 6.92 Å². The van der Waals surface area contributed by atoms with Gasteiger partial charge in [-0.15, -0.1) is 0 Å². The van der Waals surface area contributed by atoms with Gasteiger partial charge in [0, 0.05) is 12.6 Å². The van der Waals surface area contributed by atoms with Crippen LogP contribution in [-0.4, -0.2) is 18.8 Å². The average molecular weight is 227 g/mol. The van der Waals surface area contributed by atoms with Gasteiger partial charge in [0.1, 0.15) is 0 Å². The molecule has 1 fully saturated rings. The smallest absolute Gasteiger partial charge is 0.0608 e. The fourth-order valence-corrected chi connectivity index (χ4v) is 2.71. The van der Waals surface area contributed by atoms with Crippen molar-refractivity contribution in [3.63, 3.8) is 0 Å². The van der Waals surface area contributed by atoms with Crippen molar-refractivity contribution in [2.45, 2.75) is 65.5 Å². The molecule has 1 aliphatic rings. The van der Waals surface area contributed by atoms with Crippen LogP contribution < -0.4 is 5.73 Å². The van der Waals surface area contributed by atoms with Gasteiger partial charge in [-0.1, -0.05) is 27.2 Å². The van der Waals surface area contributed by atoms with E-state index >= 15 is 0 Å². The molecule has 4 atom stereocenters. The summed E-state index contributed by atoms with van der Waals surface area (Å²) in [7, 11) is 0. The molecule has 0 heterocycles. The Hall–Kier alpha value is -0.0800. The lowest BCUT2D eigenvalue weighted by atomic mass is 9.75. The molecule has 0 amide bonds. The van der Waals surface area contributed by atoms with Crippen molar-refractivity contribution in [3.05, 3.63) is 0 Å². The minimum absolute atomic E-state index is 0.263. The molecule has 1 saturated carbocycles. The number of hydrogen-bond donors (Lipinski definition) is 1. The van der Waals surface area contributed by atoms with Crippen LogP contribution in [0.4, 0.5) is 0 Å². The highest BCUT2D eigenvalue weighted by atomic mass is 16.5. The summed E-state index contributed by atoms with van der Waals surface area (Å²) in [5.41, 5.74) is 5.75. The maximum absolute atomic E-state index is 6.06. The van der Waals surface area contributed by atoms with E-state index in [1.165, 1.54) is 19.3 Å². The monoisotopic (exact) mass is 227 g/mol. The summed E-state index contributed by atoms with van der Waals surface area (Å²) in [6.07, 6.45) is 5.40. The van der Waals surface area contributed by atoms with Crippen LogP contribution in [-0.2, 0) is 4.74 Å². The Morgan fingerprint density at radius 2 is 1.94 bits per heavy atom. The third-order valence-electron chi connectivity index (χ3n) is 3.87. The highest BCUT2D eigenvalue weighted by Crippen LogP contribution is 2.35. The molecule has 0 aromatic rings. The average Bonchev–Trinajstić information content (AvgIpc) is 2.16. The zero-order valence-electron chi connectivity index (χ0n) is 11.4. The lowest BCUT2D eigenvalue weighted by molar-refractivity contribution is -0.0399.